The van der Waals surface area contributed by atoms with Gasteiger partial charge in [0.05, 0.1) is 15.9 Å². The third-order valence-corrected chi connectivity index (χ3v) is 10.5. The second kappa shape index (κ2) is 12.2. The molecule has 0 radical (unpaired) electrons. The lowest BCUT2D eigenvalue weighted by Crippen LogP contribution is -2.56. The number of benzene rings is 2. The average Bonchev–Trinajstić information content (AvgIpc) is 3.63. The minimum Gasteiger partial charge on any atom is -0.350 e. The smallest absolute Gasteiger partial charge is 0.350 e. The van der Waals surface area contributed by atoms with Crippen LogP contribution in [0.5, 0.6) is 0 Å². The van der Waals surface area contributed by atoms with Gasteiger partial charge in [-0.3, -0.25) is 28.9 Å². The molecule has 0 bridgehead atoms. The number of nitrogens with zero attached hydrogens (tertiary/aromatic N) is 3. The normalized spacial score (nSPS) is 20.9. The van der Waals surface area contributed by atoms with Gasteiger partial charge in [0.1, 0.15) is 12.1 Å². The van der Waals surface area contributed by atoms with Crippen LogP contribution in [0.15, 0.2) is 54.9 Å². The molecule has 11 nitrogen and oxygen atoms in total. The number of hydrogen-bond donors (Lipinski definition) is 4. The summed E-state index contributed by atoms with van der Waals surface area (Å²) in [7, 11) is -5.76. The fraction of sp³-hybridized carbons (Fsp3) is 0.367. The van der Waals surface area contributed by atoms with Crippen LogP contribution in [-0.2, 0) is 26.4 Å². The molecule has 0 saturated carbocycles. The van der Waals surface area contributed by atoms with Crippen LogP contribution in [0.2, 0.25) is 0 Å². The maximum Gasteiger partial charge on any atom is 0.399 e. The molecule has 0 unspecified atom stereocenters. The number of rotatable bonds is 7. The molecule has 4 heterocycles. The maximum absolute atomic E-state index is 14.3. The van der Waals surface area contributed by atoms with E-state index in [1.54, 1.807) is 17.3 Å². The van der Waals surface area contributed by atoms with Crippen molar-refractivity contribution >= 4 is 57.8 Å². The second-order valence-electron chi connectivity index (χ2n) is 11.3. The van der Waals surface area contributed by atoms with Gasteiger partial charge in [-0.25, -0.2) is 0 Å². The van der Waals surface area contributed by atoms with Crippen molar-refractivity contribution in [3.8, 4) is 0 Å². The molecule has 2 aromatic heterocycles. The van der Waals surface area contributed by atoms with Gasteiger partial charge in [0.15, 0.2) is 0 Å². The molecule has 2 fully saturated rings. The van der Waals surface area contributed by atoms with Crippen molar-refractivity contribution in [3.05, 3.63) is 70.9 Å². The van der Waals surface area contributed by atoms with E-state index in [2.05, 4.69) is 20.6 Å². The molecule has 4 aromatic rings. The number of alkyl halides is 2. The van der Waals surface area contributed by atoms with Gasteiger partial charge in [-0.05, 0) is 67.0 Å². The lowest BCUT2D eigenvalue weighted by molar-refractivity contribution is -0.142. The molecule has 2 aliphatic heterocycles. The zero-order valence-electron chi connectivity index (χ0n) is 23.9. The number of halogens is 2. The third-order valence-electron chi connectivity index (χ3n) is 8.40. The Morgan fingerprint density at radius 1 is 1.00 bits per heavy atom. The van der Waals surface area contributed by atoms with Crippen LogP contribution in [0.4, 0.5) is 8.78 Å². The molecule has 3 amide bonds. The highest BCUT2D eigenvalue weighted by molar-refractivity contribution is 7.52. The highest BCUT2D eigenvalue weighted by Crippen LogP contribution is 2.59. The largest absolute Gasteiger partial charge is 0.399 e. The van der Waals surface area contributed by atoms with E-state index in [0.717, 1.165) is 47.4 Å². The first-order chi connectivity index (χ1) is 21.4. The summed E-state index contributed by atoms with van der Waals surface area (Å²) in [6, 6.07) is 8.36. The molecule has 0 spiro atoms. The van der Waals surface area contributed by atoms with Crippen molar-refractivity contribution in [1.82, 2.24) is 25.5 Å². The van der Waals surface area contributed by atoms with E-state index in [4.69, 9.17) is 9.79 Å². The van der Waals surface area contributed by atoms with Gasteiger partial charge >= 0.3 is 13.3 Å². The minimum atomic E-state index is -5.76. The number of carbonyl (C=O) groups excluding carboxylic acids is 3. The molecule has 6 rings (SSSR count). The van der Waals surface area contributed by atoms with Crippen molar-refractivity contribution in [2.45, 2.75) is 68.9 Å². The van der Waals surface area contributed by atoms with Gasteiger partial charge in [-0.1, -0.05) is 25.0 Å². The van der Waals surface area contributed by atoms with E-state index in [1.165, 1.54) is 12.1 Å². The first-order valence-electron chi connectivity index (χ1n) is 14.5. The Kier molecular flexibility index (Phi) is 8.42. The average molecular weight is 658 g/mol. The molecule has 15 heteroatoms. The van der Waals surface area contributed by atoms with Gasteiger partial charge in [0.2, 0.25) is 11.8 Å². The lowest BCUT2D eigenvalue weighted by Gasteiger charge is -2.35. The first kappa shape index (κ1) is 31.2. The number of hydrogen-bond acceptors (Lipinski definition) is 7. The predicted octanol–water partition coefficient (Wildman–Crippen LogP) is 4.42. The van der Waals surface area contributed by atoms with Crippen molar-refractivity contribution in [2.24, 2.45) is 0 Å². The Bertz CT molecular complexity index is 1850. The Balaban J connectivity index is 1.16. The summed E-state index contributed by atoms with van der Waals surface area (Å²) in [5, 5.41) is 5.96. The molecule has 236 valence electrons. The van der Waals surface area contributed by atoms with E-state index < -0.39 is 36.8 Å². The second-order valence-corrected chi connectivity index (χ2v) is 14.1. The lowest BCUT2D eigenvalue weighted by atomic mass is 9.99. The zero-order chi connectivity index (χ0) is 31.9. The highest BCUT2D eigenvalue weighted by atomic mass is 32.1. The summed E-state index contributed by atoms with van der Waals surface area (Å²) in [6.45, 7) is 0.252. The zero-order valence-corrected chi connectivity index (χ0v) is 25.6. The number of aromatic nitrogens is 2. The van der Waals surface area contributed by atoms with Crippen LogP contribution < -0.4 is 10.6 Å². The number of amides is 3. The van der Waals surface area contributed by atoms with Crippen molar-refractivity contribution in [3.63, 3.8) is 0 Å². The summed E-state index contributed by atoms with van der Waals surface area (Å²) >= 11 is 1.01. The Labute approximate surface area is 260 Å². The van der Waals surface area contributed by atoms with Crippen molar-refractivity contribution in [2.75, 3.05) is 0 Å². The van der Waals surface area contributed by atoms with Crippen LogP contribution in [0.1, 0.15) is 59.3 Å². The third kappa shape index (κ3) is 6.19. The number of fused-ring (bicyclic) bond motifs is 3. The minimum absolute atomic E-state index is 0.123. The Morgan fingerprint density at radius 3 is 2.53 bits per heavy atom. The van der Waals surface area contributed by atoms with Gasteiger partial charge in [0.25, 0.3) is 5.91 Å². The monoisotopic (exact) mass is 657 g/mol. The van der Waals surface area contributed by atoms with Gasteiger partial charge in [-0.2, -0.15) is 8.78 Å². The number of carbonyl (C=O) groups is 3. The van der Waals surface area contributed by atoms with Crippen molar-refractivity contribution < 1.29 is 37.5 Å². The molecule has 2 aliphatic rings. The molecule has 0 aliphatic carbocycles. The highest BCUT2D eigenvalue weighted by Gasteiger charge is 2.50. The van der Waals surface area contributed by atoms with Crippen LogP contribution in [-0.4, -0.2) is 60.5 Å². The fourth-order valence-corrected chi connectivity index (χ4v) is 7.51. The summed E-state index contributed by atoms with van der Waals surface area (Å²) in [5.74, 6) is -1.19. The van der Waals surface area contributed by atoms with Gasteiger partial charge < -0.3 is 25.3 Å². The van der Waals surface area contributed by atoms with E-state index in [1.807, 2.05) is 18.2 Å². The molecule has 3 atom stereocenters. The summed E-state index contributed by atoms with van der Waals surface area (Å²) < 4.78 is 40.3. The predicted molar refractivity (Wildman–Crippen MR) is 163 cm³/mol. The van der Waals surface area contributed by atoms with Crippen LogP contribution in [0.3, 0.4) is 0 Å². The Morgan fingerprint density at radius 2 is 1.76 bits per heavy atom. The fourth-order valence-electron chi connectivity index (χ4n) is 6.09. The molecule has 45 heavy (non-hydrogen) atoms. The standard InChI is InChI=1S/C30H30F2N5O6PS/c31-30(32,44(41,42)43)19-6-10-25-18(14-19)15-26(45-25)28(39)36-22-4-2-1-3-20-7-9-24(37(20)29(22)40)27(38)35-16-17-5-8-21-23(13-17)34-12-11-33-21/h5-6,8,10-15,20,22,24H,1-4,7,9,16H2,(H,35,38)(H,36,39)(H2,41,42,43)/t20-,22-,24-/m0/s1. The summed E-state index contributed by atoms with van der Waals surface area (Å²) in [4.78, 5) is 69.0. The van der Waals surface area contributed by atoms with E-state index in [0.29, 0.717) is 35.9 Å². The summed E-state index contributed by atoms with van der Waals surface area (Å²) in [6.07, 6.45) is 7.05. The quantitative estimate of drug-likeness (QED) is 0.213. The number of nitrogens with one attached hydrogen (secondary N) is 2. The Hall–Kier alpha value is -3.84. The van der Waals surface area contributed by atoms with Crippen molar-refractivity contribution in [1.29, 1.82) is 0 Å². The van der Waals surface area contributed by atoms with Crippen LogP contribution in [0, 0.1) is 0 Å². The van der Waals surface area contributed by atoms with Crippen LogP contribution in [0.25, 0.3) is 21.1 Å². The molecular weight excluding hydrogens is 627 g/mol. The van der Waals surface area contributed by atoms with E-state index in [-0.39, 0.29) is 34.7 Å². The van der Waals surface area contributed by atoms with Crippen LogP contribution >= 0.6 is 18.9 Å². The SMILES string of the molecule is O=C(N[C@H]1CCCC[C@H]2CC[C@@H](C(=O)NCc3ccc4nccnc4c3)N2C1=O)c1cc2cc(C(F)(F)P(=O)(O)O)ccc2s1. The van der Waals surface area contributed by atoms with E-state index in [9.17, 15) is 27.7 Å². The topological polar surface area (TPSA) is 162 Å². The summed E-state index contributed by atoms with van der Waals surface area (Å²) in [5.41, 5.74) is -2.94. The number of thiophene rings is 1. The molecular formula is C30H30F2N5O6PS. The van der Waals surface area contributed by atoms with E-state index >= 15 is 0 Å². The maximum atomic E-state index is 14.3. The van der Waals surface area contributed by atoms with Gasteiger partial charge in [-0.15, -0.1) is 11.3 Å². The molecule has 2 saturated heterocycles. The molecule has 2 aromatic carbocycles. The first-order valence-corrected chi connectivity index (χ1v) is 16.9. The molecule has 4 N–H and O–H groups in total. The van der Waals surface area contributed by atoms with Gasteiger partial charge in [0, 0.05) is 35.2 Å².